The fourth-order valence-electron chi connectivity index (χ4n) is 0.750. The molecule has 0 amide bonds. The van der Waals surface area contributed by atoms with Gasteiger partial charge in [-0.3, -0.25) is 0 Å². The number of nitrogens with one attached hydrogen (secondary N) is 1. The van der Waals surface area contributed by atoms with Crippen molar-refractivity contribution < 1.29 is 57.6 Å². The maximum atomic E-state index is 9.00. The van der Waals surface area contributed by atoms with E-state index in [0.29, 0.717) is 6.54 Å². The first-order valence-corrected chi connectivity index (χ1v) is 6.35. The van der Waals surface area contributed by atoms with Crippen molar-refractivity contribution >= 4 is 9.04 Å². The molecule has 3 nitrogen and oxygen atoms in total. The Morgan fingerprint density at radius 1 is 1.55 bits per heavy atom. The predicted molar refractivity (Wildman–Crippen MR) is 47.7 cm³/mol. The Labute approximate surface area is 115 Å². The molecule has 0 saturated carbocycles. The number of nitrogens with two attached hydrogens (primary N) is 1. The van der Waals surface area contributed by atoms with Gasteiger partial charge in [0.25, 0.3) is 0 Å². The summed E-state index contributed by atoms with van der Waals surface area (Å²) >= 11 is 0. The molecule has 0 aromatic carbocycles. The molecule has 0 bridgehead atoms. The quantitative estimate of drug-likeness (QED) is 0.308. The second-order valence-corrected chi connectivity index (χ2v) is 4.81. The molecule has 0 fully saturated rings. The minimum atomic E-state index is -1.29. The molecule has 0 saturated heterocycles. The zero-order chi connectivity index (χ0) is 7.82. The standard InChI is InChI=1S/C6H18N2OSi.K.H/c1-10(9)6-2-4-8-5-3-7;;/h8-10H,2-7H2,1H3;;/q;+1;-1. The van der Waals surface area contributed by atoms with Crippen molar-refractivity contribution in [3.8, 4) is 0 Å². The minimum absolute atomic E-state index is 0. The summed E-state index contributed by atoms with van der Waals surface area (Å²) < 4.78 is 0. The van der Waals surface area contributed by atoms with Gasteiger partial charge in [-0.1, -0.05) is 0 Å². The molecule has 0 aliphatic carbocycles. The van der Waals surface area contributed by atoms with Crippen LogP contribution in [0.1, 0.15) is 7.85 Å². The molecule has 11 heavy (non-hydrogen) atoms. The second kappa shape index (κ2) is 11.7. The first-order chi connectivity index (χ1) is 4.77. The summed E-state index contributed by atoms with van der Waals surface area (Å²) in [6.07, 6.45) is 1.09. The average Bonchev–Trinajstić information content (AvgIpc) is 1.87. The summed E-state index contributed by atoms with van der Waals surface area (Å²) in [6.45, 7) is 4.53. The Morgan fingerprint density at radius 2 is 2.18 bits per heavy atom. The molecule has 0 heterocycles. The van der Waals surface area contributed by atoms with Crippen LogP contribution < -0.4 is 62.4 Å². The van der Waals surface area contributed by atoms with Crippen LogP contribution in [0.3, 0.4) is 0 Å². The fourth-order valence-corrected chi connectivity index (χ4v) is 1.54. The average molecular weight is 202 g/mol. The van der Waals surface area contributed by atoms with Gasteiger partial charge in [-0.25, -0.2) is 0 Å². The van der Waals surface area contributed by atoms with E-state index < -0.39 is 9.04 Å². The van der Waals surface area contributed by atoms with E-state index in [1.807, 2.05) is 6.55 Å². The molecule has 64 valence electrons. The van der Waals surface area contributed by atoms with Crippen LogP contribution in [0, 0.1) is 0 Å². The zero-order valence-electron chi connectivity index (χ0n) is 8.64. The van der Waals surface area contributed by atoms with Crippen LogP contribution in [0.2, 0.25) is 12.6 Å². The van der Waals surface area contributed by atoms with Crippen molar-refractivity contribution in [3.05, 3.63) is 0 Å². The van der Waals surface area contributed by atoms with Crippen LogP contribution in [-0.2, 0) is 0 Å². The second-order valence-electron chi connectivity index (χ2n) is 2.53. The topological polar surface area (TPSA) is 58.3 Å². The largest absolute Gasteiger partial charge is 1.00 e. The molecule has 4 N–H and O–H groups in total. The summed E-state index contributed by atoms with van der Waals surface area (Å²) in [5, 5.41) is 3.18. The Morgan fingerprint density at radius 3 is 2.64 bits per heavy atom. The van der Waals surface area contributed by atoms with Gasteiger partial charge in [0.15, 0.2) is 9.04 Å². The van der Waals surface area contributed by atoms with Crippen molar-refractivity contribution in [2.24, 2.45) is 5.73 Å². The number of rotatable bonds is 6. The first-order valence-electron chi connectivity index (χ1n) is 3.86. The van der Waals surface area contributed by atoms with Gasteiger partial charge in [0.05, 0.1) is 0 Å². The third-order valence-electron chi connectivity index (χ3n) is 1.30. The van der Waals surface area contributed by atoms with E-state index >= 15 is 0 Å². The Hall–Kier alpha value is 1.73. The van der Waals surface area contributed by atoms with Crippen molar-refractivity contribution in [1.29, 1.82) is 0 Å². The molecule has 5 heteroatoms. The monoisotopic (exact) mass is 202 g/mol. The van der Waals surface area contributed by atoms with Crippen molar-refractivity contribution in [3.63, 3.8) is 0 Å². The Balaban J connectivity index is -0.000000405. The minimum Gasteiger partial charge on any atom is -1.00 e. The Bertz CT molecular complexity index is 80.6. The molecule has 0 aromatic heterocycles. The van der Waals surface area contributed by atoms with Crippen molar-refractivity contribution in [2.75, 3.05) is 19.6 Å². The maximum absolute atomic E-state index is 9.00. The van der Waals surface area contributed by atoms with Crippen LogP contribution in [0.15, 0.2) is 0 Å². The van der Waals surface area contributed by atoms with E-state index in [1.165, 1.54) is 0 Å². The van der Waals surface area contributed by atoms with E-state index in [-0.39, 0.29) is 52.8 Å². The van der Waals surface area contributed by atoms with Crippen LogP contribution >= 0.6 is 0 Å². The smallest absolute Gasteiger partial charge is 1.00 e. The first kappa shape index (κ1) is 15.2. The zero-order valence-corrected chi connectivity index (χ0v) is 11.9. The van der Waals surface area contributed by atoms with Gasteiger partial charge in [-0.15, -0.1) is 0 Å². The van der Waals surface area contributed by atoms with Gasteiger partial charge in [0.1, 0.15) is 0 Å². The van der Waals surface area contributed by atoms with Gasteiger partial charge in [0.2, 0.25) is 0 Å². The van der Waals surface area contributed by atoms with Gasteiger partial charge >= 0.3 is 51.4 Å². The summed E-state index contributed by atoms with van der Waals surface area (Å²) in [6, 6.07) is 1.01. The molecule has 0 radical (unpaired) electrons. The molecule has 0 rings (SSSR count). The summed E-state index contributed by atoms with van der Waals surface area (Å²) in [7, 11) is -1.29. The van der Waals surface area contributed by atoms with Gasteiger partial charge in [-0.2, -0.15) is 0 Å². The van der Waals surface area contributed by atoms with E-state index in [2.05, 4.69) is 5.32 Å². The molecule has 1 unspecified atom stereocenters. The van der Waals surface area contributed by atoms with E-state index in [4.69, 9.17) is 10.5 Å². The van der Waals surface area contributed by atoms with Gasteiger partial charge < -0.3 is 17.3 Å². The van der Waals surface area contributed by atoms with E-state index in [1.54, 1.807) is 0 Å². The number of hydrogen-bond donors (Lipinski definition) is 3. The SMILES string of the molecule is C[SiH](O)CCCNCCN.[H-].[K+]. The molecule has 0 aromatic rings. The molecular formula is C6H19KN2OSi. The summed E-state index contributed by atoms with van der Waals surface area (Å²) in [5.41, 5.74) is 5.27. The summed E-state index contributed by atoms with van der Waals surface area (Å²) in [5.74, 6) is 0. The van der Waals surface area contributed by atoms with Gasteiger partial charge in [0, 0.05) is 13.1 Å². The fraction of sp³-hybridized carbons (Fsp3) is 1.00. The Kier molecular flexibility index (Phi) is 16.2. The number of hydrogen-bond acceptors (Lipinski definition) is 3. The van der Waals surface area contributed by atoms with E-state index in [0.717, 1.165) is 25.6 Å². The molecule has 1 atom stereocenters. The molecule has 0 aliphatic rings. The normalized spacial score (nSPS) is 12.3. The summed E-state index contributed by atoms with van der Waals surface area (Å²) in [4.78, 5) is 9.00. The van der Waals surface area contributed by atoms with Crippen molar-refractivity contribution in [1.82, 2.24) is 5.32 Å². The van der Waals surface area contributed by atoms with Crippen LogP contribution in [0.5, 0.6) is 0 Å². The molecular weight excluding hydrogens is 183 g/mol. The van der Waals surface area contributed by atoms with E-state index in [9.17, 15) is 0 Å². The molecule has 0 spiro atoms. The van der Waals surface area contributed by atoms with Crippen LogP contribution in [0.4, 0.5) is 0 Å². The van der Waals surface area contributed by atoms with Crippen LogP contribution in [-0.4, -0.2) is 33.5 Å². The maximum Gasteiger partial charge on any atom is 1.00 e. The van der Waals surface area contributed by atoms with Crippen molar-refractivity contribution in [2.45, 2.75) is 19.0 Å². The van der Waals surface area contributed by atoms with Gasteiger partial charge in [-0.05, 0) is 25.6 Å². The molecule has 0 aliphatic heterocycles. The third-order valence-corrected chi connectivity index (χ3v) is 2.54. The predicted octanol–water partition coefficient (Wildman–Crippen LogP) is -3.61. The third kappa shape index (κ3) is 14.6. The van der Waals surface area contributed by atoms with Crippen LogP contribution in [0.25, 0.3) is 0 Å².